The van der Waals surface area contributed by atoms with Gasteiger partial charge in [0.05, 0.1) is 0 Å². The number of aryl methyl sites for hydroxylation is 1. The maximum Gasteiger partial charge on any atom is 0.303 e. The Morgan fingerprint density at radius 2 is 2.04 bits per heavy atom. The number of anilines is 1. The van der Waals surface area contributed by atoms with Crippen molar-refractivity contribution in [2.45, 2.75) is 32.0 Å². The molecule has 23 heavy (non-hydrogen) atoms. The Balaban J connectivity index is 2.61. The van der Waals surface area contributed by atoms with Gasteiger partial charge >= 0.3 is 5.91 Å². The number of hydrogen-bond acceptors (Lipinski definition) is 3. The fraction of sp³-hybridized carbons (Fsp3) is 0.412. The average molecular weight is 318 g/mol. The first-order valence-electron chi connectivity index (χ1n) is 7.29. The number of carbonyl (C=O) groups excluding carboxylic acids is 2. The molecule has 1 aromatic rings. The lowest BCUT2D eigenvalue weighted by Gasteiger charge is -2.43. The van der Waals surface area contributed by atoms with E-state index in [1.807, 2.05) is 5.92 Å². The van der Waals surface area contributed by atoms with Crippen molar-refractivity contribution >= 4 is 17.5 Å². The second-order valence-corrected chi connectivity index (χ2v) is 5.60. The van der Waals surface area contributed by atoms with E-state index in [4.69, 9.17) is 16.9 Å². The Hall–Kier alpha value is -2.39. The largest absolute Gasteiger partial charge is 0.381 e. The molecule has 0 aromatic heterocycles. The van der Waals surface area contributed by atoms with Crippen LogP contribution in [0.5, 0.6) is 0 Å². The molecule has 0 saturated carbocycles. The molecule has 0 unspecified atom stereocenters. The smallest absolute Gasteiger partial charge is 0.303 e. The fourth-order valence-corrected chi connectivity index (χ4v) is 2.96. The second-order valence-electron chi connectivity index (χ2n) is 5.60. The third kappa shape index (κ3) is 3.20. The van der Waals surface area contributed by atoms with Crippen LogP contribution in [-0.2, 0) is 21.0 Å². The van der Waals surface area contributed by atoms with E-state index in [0.717, 1.165) is 5.56 Å². The van der Waals surface area contributed by atoms with Crippen LogP contribution in [0.1, 0.15) is 24.0 Å². The summed E-state index contributed by atoms with van der Waals surface area (Å²) in [6.45, 7) is 1.68. The van der Waals surface area contributed by atoms with Crippen molar-refractivity contribution in [3.05, 3.63) is 29.3 Å². The Morgan fingerprint density at radius 1 is 1.39 bits per heavy atom. The van der Waals surface area contributed by atoms with Crippen LogP contribution in [0.4, 0.5) is 10.1 Å². The van der Waals surface area contributed by atoms with Gasteiger partial charge in [-0.05, 0) is 36.1 Å². The first kappa shape index (κ1) is 17.0. The molecular formula is C17H19FN2O3. The summed E-state index contributed by atoms with van der Waals surface area (Å²) in [5.74, 6) is 0.717. The van der Waals surface area contributed by atoms with Gasteiger partial charge in [0, 0.05) is 31.7 Å². The minimum atomic E-state index is -1.26. The van der Waals surface area contributed by atoms with E-state index in [2.05, 4.69) is 0 Å². The Morgan fingerprint density at radius 3 is 2.57 bits per heavy atom. The topological polar surface area (TPSA) is 72.6 Å². The summed E-state index contributed by atoms with van der Waals surface area (Å²) in [5, 5.41) is 0. The van der Waals surface area contributed by atoms with Crippen LogP contribution >= 0.6 is 0 Å². The van der Waals surface area contributed by atoms with Crippen LogP contribution in [0.3, 0.4) is 0 Å². The molecule has 2 N–H and O–H groups in total. The second kappa shape index (κ2) is 6.80. The molecule has 0 radical (unpaired) electrons. The highest BCUT2D eigenvalue weighted by molar-refractivity contribution is 6.11. The first-order valence-corrected chi connectivity index (χ1v) is 7.29. The van der Waals surface area contributed by atoms with Crippen molar-refractivity contribution < 1.29 is 18.7 Å². The van der Waals surface area contributed by atoms with Crippen molar-refractivity contribution in [2.75, 3.05) is 18.1 Å². The number of alkyl halides is 1. The van der Waals surface area contributed by atoms with Gasteiger partial charge in [0.2, 0.25) is 5.91 Å². The normalized spacial score (nSPS) is 16.4. The number of benzene rings is 1. The molecule has 1 saturated heterocycles. The van der Waals surface area contributed by atoms with Gasteiger partial charge in [-0.25, -0.2) is 4.39 Å². The summed E-state index contributed by atoms with van der Waals surface area (Å²) in [6.07, 6.45) is 5.78. The zero-order valence-corrected chi connectivity index (χ0v) is 13.0. The summed E-state index contributed by atoms with van der Waals surface area (Å²) in [6, 6.07) is 4.87. The fourth-order valence-electron chi connectivity index (χ4n) is 2.96. The van der Waals surface area contributed by atoms with E-state index in [1.54, 1.807) is 19.1 Å². The Labute approximate surface area is 134 Å². The van der Waals surface area contributed by atoms with Gasteiger partial charge in [-0.1, -0.05) is 6.07 Å². The van der Waals surface area contributed by atoms with Gasteiger partial charge in [-0.15, -0.1) is 6.42 Å². The number of halogens is 1. The Bertz CT molecular complexity index is 660. The molecule has 122 valence electrons. The summed E-state index contributed by atoms with van der Waals surface area (Å²) < 4.78 is 18.4. The highest BCUT2D eigenvalue weighted by atomic mass is 19.1. The lowest BCUT2D eigenvalue weighted by atomic mass is 9.86. The molecule has 1 heterocycles. The quantitative estimate of drug-likeness (QED) is 0.854. The zero-order valence-electron chi connectivity index (χ0n) is 13.0. The van der Waals surface area contributed by atoms with Crippen LogP contribution in [0.2, 0.25) is 0 Å². The van der Waals surface area contributed by atoms with Crippen LogP contribution < -0.4 is 10.6 Å². The molecule has 1 aliphatic heterocycles. The molecule has 0 spiro atoms. The molecule has 0 bridgehead atoms. The van der Waals surface area contributed by atoms with Crippen LogP contribution in [0, 0.1) is 19.3 Å². The number of rotatable bonds is 4. The molecule has 2 amide bonds. The van der Waals surface area contributed by atoms with Gasteiger partial charge in [-0.2, -0.15) is 0 Å². The maximum absolute atomic E-state index is 13.1. The van der Waals surface area contributed by atoms with Crippen molar-refractivity contribution in [2.24, 2.45) is 5.73 Å². The number of terminal acetylenes is 1. The molecule has 6 heteroatoms. The number of hydrogen-bond donors (Lipinski definition) is 1. The van der Waals surface area contributed by atoms with Gasteiger partial charge in [0.25, 0.3) is 0 Å². The number of ether oxygens (including phenoxy) is 1. The van der Waals surface area contributed by atoms with Crippen molar-refractivity contribution in [1.29, 1.82) is 0 Å². The summed E-state index contributed by atoms with van der Waals surface area (Å²) in [7, 11) is 0. The molecule has 2 rings (SSSR count). The monoisotopic (exact) mass is 318 g/mol. The molecule has 0 aliphatic carbocycles. The number of nitrogens with two attached hydrogens (primary N) is 1. The number of carbonyl (C=O) groups is 2. The van der Waals surface area contributed by atoms with Crippen LogP contribution in [-0.4, -0.2) is 30.6 Å². The van der Waals surface area contributed by atoms with E-state index in [1.165, 1.54) is 11.0 Å². The highest BCUT2D eigenvalue weighted by Crippen LogP contribution is 2.34. The lowest BCUT2D eigenvalue weighted by molar-refractivity contribution is -0.130. The standard InChI is InChI=1S/C17H19FN2O3/c1-3-15(21)20(14-9-12(2)8-13(10-14)11-18)17(16(19)22)4-6-23-7-5-17/h1,8-10H,4-7,11H2,2H3,(H2,19,22). The van der Waals surface area contributed by atoms with E-state index < -0.39 is 24.0 Å². The number of primary amides is 1. The van der Waals surface area contributed by atoms with Crippen molar-refractivity contribution in [3.63, 3.8) is 0 Å². The Kier molecular flexibility index (Phi) is 5.02. The molecule has 0 atom stereocenters. The number of nitrogens with zero attached hydrogens (tertiary/aromatic N) is 1. The minimum absolute atomic E-state index is 0.245. The zero-order chi connectivity index (χ0) is 17.0. The van der Waals surface area contributed by atoms with Gasteiger partial charge in [0.1, 0.15) is 12.2 Å². The van der Waals surface area contributed by atoms with E-state index >= 15 is 0 Å². The van der Waals surface area contributed by atoms with Gasteiger partial charge in [0.15, 0.2) is 0 Å². The van der Waals surface area contributed by atoms with Gasteiger partial charge in [-0.3, -0.25) is 14.5 Å². The minimum Gasteiger partial charge on any atom is -0.381 e. The molecule has 5 nitrogen and oxygen atoms in total. The third-order valence-corrected chi connectivity index (χ3v) is 4.07. The summed E-state index contributed by atoms with van der Waals surface area (Å²) in [4.78, 5) is 25.8. The molecule has 1 aliphatic rings. The molecule has 1 aromatic carbocycles. The summed E-state index contributed by atoms with van der Waals surface area (Å²) >= 11 is 0. The predicted octanol–water partition coefficient (Wildman–Crippen LogP) is 1.47. The predicted molar refractivity (Wildman–Crippen MR) is 84.3 cm³/mol. The SMILES string of the molecule is C#CC(=O)N(c1cc(C)cc(CF)c1)C1(C(N)=O)CCOCC1. The van der Waals surface area contributed by atoms with E-state index in [-0.39, 0.29) is 12.8 Å². The average Bonchev–Trinajstić information content (AvgIpc) is 2.55. The van der Waals surface area contributed by atoms with Crippen LogP contribution in [0.25, 0.3) is 0 Å². The van der Waals surface area contributed by atoms with E-state index in [9.17, 15) is 14.0 Å². The van der Waals surface area contributed by atoms with Crippen LogP contribution in [0.15, 0.2) is 18.2 Å². The van der Waals surface area contributed by atoms with E-state index in [0.29, 0.717) is 24.5 Å². The first-order chi connectivity index (χ1) is 10.9. The van der Waals surface area contributed by atoms with Gasteiger partial charge < -0.3 is 10.5 Å². The third-order valence-electron chi connectivity index (χ3n) is 4.07. The molecular weight excluding hydrogens is 299 g/mol. The lowest BCUT2D eigenvalue weighted by Crippen LogP contribution is -2.62. The van der Waals surface area contributed by atoms with Crippen molar-refractivity contribution in [3.8, 4) is 12.3 Å². The maximum atomic E-state index is 13.1. The van der Waals surface area contributed by atoms with Crippen molar-refractivity contribution in [1.82, 2.24) is 0 Å². The summed E-state index contributed by atoms with van der Waals surface area (Å²) in [5.41, 5.74) is 5.89. The molecule has 1 fully saturated rings. The number of amides is 2. The highest BCUT2D eigenvalue weighted by Gasteiger charge is 2.47.